The van der Waals surface area contributed by atoms with Gasteiger partial charge in [-0.2, -0.15) is 0 Å². The summed E-state index contributed by atoms with van der Waals surface area (Å²) >= 11 is 0. The first-order valence-electron chi connectivity index (χ1n) is 5.91. The number of hydrogen-bond acceptors (Lipinski definition) is 8. The summed E-state index contributed by atoms with van der Waals surface area (Å²) in [6, 6.07) is 0. The molecule has 120 valence electrons. The Balaban J connectivity index is 0. The largest absolute Gasteiger partial charge is 0.462 e. The number of ether oxygens (including phenoxy) is 4. The Labute approximate surface area is 123 Å². The maximum atomic E-state index is 10.6. The molecule has 8 nitrogen and oxygen atoms in total. The maximum Gasteiger partial charge on any atom is 0.307 e. The van der Waals surface area contributed by atoms with Crippen molar-refractivity contribution in [1.29, 1.82) is 0 Å². The Kier molecular flexibility index (Phi) is 12.6. The molecule has 0 rings (SSSR count). The fraction of sp³-hybridized carbons (Fsp3) is 0.538. The normalized spacial score (nSPS) is 8.81. The third kappa shape index (κ3) is 20.1. The molecule has 0 atom stereocenters. The Morgan fingerprint density at radius 3 is 1.48 bits per heavy atom. The molecule has 0 bridgehead atoms. The van der Waals surface area contributed by atoms with Gasteiger partial charge in [-0.15, -0.1) is 0 Å². The van der Waals surface area contributed by atoms with Gasteiger partial charge in [0.25, 0.3) is 0 Å². The lowest BCUT2D eigenvalue weighted by Gasteiger charge is -2.15. The minimum atomic E-state index is -0.754. The van der Waals surface area contributed by atoms with Crippen molar-refractivity contribution in [3.63, 3.8) is 0 Å². The molecule has 0 spiro atoms. The standard InChI is InChI=1S/C9H14O6.C4H6O2/c1-6(10)13-4-9(15-8(3)12)5-14-7(2)11;1-3-6-4(2)5/h9H,4-5H2,1-3H3;3H,1H2,2H3. The van der Waals surface area contributed by atoms with E-state index in [9.17, 15) is 19.2 Å². The molecule has 0 unspecified atom stereocenters. The van der Waals surface area contributed by atoms with Crippen molar-refractivity contribution < 1.29 is 38.1 Å². The number of carbonyl (C=O) groups is 4. The zero-order valence-corrected chi connectivity index (χ0v) is 12.5. The number of hydrogen-bond donors (Lipinski definition) is 0. The third-order valence-electron chi connectivity index (χ3n) is 1.53. The number of esters is 4. The summed E-state index contributed by atoms with van der Waals surface area (Å²) in [6.07, 6.45) is 0.345. The van der Waals surface area contributed by atoms with Crippen LogP contribution in [0.4, 0.5) is 0 Å². The summed E-state index contributed by atoms with van der Waals surface area (Å²) < 4.78 is 18.2. The van der Waals surface area contributed by atoms with Crippen LogP contribution in [-0.4, -0.2) is 43.2 Å². The average Bonchev–Trinajstić information content (AvgIpc) is 2.32. The van der Waals surface area contributed by atoms with Crippen molar-refractivity contribution in [3.05, 3.63) is 12.8 Å². The van der Waals surface area contributed by atoms with Crippen LogP contribution < -0.4 is 0 Å². The maximum absolute atomic E-state index is 10.6. The predicted molar refractivity (Wildman–Crippen MR) is 70.8 cm³/mol. The molecule has 0 saturated heterocycles. The summed E-state index contributed by atoms with van der Waals surface area (Å²) in [7, 11) is 0. The Morgan fingerprint density at radius 2 is 1.29 bits per heavy atom. The number of carbonyl (C=O) groups excluding carboxylic acids is 4. The van der Waals surface area contributed by atoms with E-state index < -0.39 is 24.0 Å². The van der Waals surface area contributed by atoms with E-state index >= 15 is 0 Å². The van der Waals surface area contributed by atoms with Crippen LogP contribution in [0, 0.1) is 0 Å². The molecule has 0 saturated carbocycles. The summed E-state index contributed by atoms with van der Waals surface area (Å²) in [5, 5.41) is 0. The molecular weight excluding hydrogens is 284 g/mol. The highest BCUT2D eigenvalue weighted by Gasteiger charge is 2.15. The SMILES string of the molecule is C=COC(C)=O.CC(=O)OCC(COC(C)=O)OC(C)=O. The van der Waals surface area contributed by atoms with Gasteiger partial charge in [-0.25, -0.2) is 0 Å². The molecule has 0 radical (unpaired) electrons. The highest BCUT2D eigenvalue weighted by atomic mass is 16.6. The van der Waals surface area contributed by atoms with Gasteiger partial charge in [-0.3, -0.25) is 19.2 Å². The highest BCUT2D eigenvalue weighted by molar-refractivity contribution is 5.67. The lowest BCUT2D eigenvalue weighted by atomic mass is 10.4. The van der Waals surface area contributed by atoms with Crippen molar-refractivity contribution in [3.8, 4) is 0 Å². The van der Waals surface area contributed by atoms with Gasteiger partial charge in [0, 0.05) is 27.7 Å². The van der Waals surface area contributed by atoms with E-state index in [4.69, 9.17) is 4.74 Å². The summed E-state index contributed by atoms with van der Waals surface area (Å²) in [4.78, 5) is 41.4. The van der Waals surface area contributed by atoms with Gasteiger partial charge < -0.3 is 18.9 Å². The Hall–Kier alpha value is -2.38. The fourth-order valence-corrected chi connectivity index (χ4v) is 0.889. The minimum Gasteiger partial charge on any atom is -0.462 e. The minimum absolute atomic E-state index is 0.123. The van der Waals surface area contributed by atoms with E-state index in [-0.39, 0.29) is 19.2 Å². The first kappa shape index (κ1) is 20.9. The van der Waals surface area contributed by atoms with Gasteiger partial charge in [-0.05, 0) is 0 Å². The molecule has 0 aromatic heterocycles. The van der Waals surface area contributed by atoms with Gasteiger partial charge in [0.05, 0.1) is 6.26 Å². The lowest BCUT2D eigenvalue weighted by Crippen LogP contribution is -2.29. The van der Waals surface area contributed by atoms with Crippen LogP contribution >= 0.6 is 0 Å². The molecule has 0 heterocycles. The molecule has 0 aliphatic carbocycles. The summed E-state index contributed by atoms with van der Waals surface area (Å²) in [5.74, 6) is -1.84. The summed E-state index contributed by atoms with van der Waals surface area (Å²) in [5.41, 5.74) is 0. The Bertz CT molecular complexity index is 356. The second-order valence-corrected chi connectivity index (χ2v) is 3.61. The molecule has 0 fully saturated rings. The summed E-state index contributed by atoms with van der Waals surface area (Å²) in [6.45, 7) is 7.92. The van der Waals surface area contributed by atoms with E-state index in [1.165, 1.54) is 27.7 Å². The van der Waals surface area contributed by atoms with Crippen LogP contribution in [0.1, 0.15) is 27.7 Å². The van der Waals surface area contributed by atoms with E-state index in [2.05, 4.69) is 20.8 Å². The van der Waals surface area contributed by atoms with E-state index in [1.54, 1.807) is 0 Å². The molecule has 8 heteroatoms. The highest BCUT2D eigenvalue weighted by Crippen LogP contribution is 1.97. The molecule has 0 N–H and O–H groups in total. The van der Waals surface area contributed by atoms with Crippen molar-refractivity contribution in [2.24, 2.45) is 0 Å². The zero-order chi connectivity index (χ0) is 16.8. The molecule has 21 heavy (non-hydrogen) atoms. The third-order valence-corrected chi connectivity index (χ3v) is 1.53. The number of rotatable bonds is 6. The van der Waals surface area contributed by atoms with E-state index in [0.717, 1.165) is 6.26 Å². The van der Waals surface area contributed by atoms with Crippen LogP contribution in [0.15, 0.2) is 12.8 Å². The average molecular weight is 304 g/mol. The van der Waals surface area contributed by atoms with Crippen molar-refractivity contribution in [1.82, 2.24) is 0 Å². The van der Waals surface area contributed by atoms with Crippen LogP contribution in [-0.2, 0) is 38.1 Å². The van der Waals surface area contributed by atoms with E-state index in [0.29, 0.717) is 0 Å². The molecular formula is C13H20O8. The predicted octanol–water partition coefficient (Wildman–Crippen LogP) is 0.737. The van der Waals surface area contributed by atoms with Gasteiger partial charge in [0.2, 0.25) is 0 Å². The second kappa shape index (κ2) is 12.6. The van der Waals surface area contributed by atoms with Crippen LogP contribution in [0.5, 0.6) is 0 Å². The molecule has 0 aliphatic rings. The van der Waals surface area contributed by atoms with Gasteiger partial charge >= 0.3 is 23.9 Å². The topological polar surface area (TPSA) is 105 Å². The second-order valence-electron chi connectivity index (χ2n) is 3.61. The zero-order valence-electron chi connectivity index (χ0n) is 12.5. The molecule has 0 aromatic rings. The Morgan fingerprint density at radius 1 is 0.857 bits per heavy atom. The first-order chi connectivity index (χ1) is 9.68. The molecule has 0 aromatic carbocycles. The van der Waals surface area contributed by atoms with Crippen molar-refractivity contribution in [2.75, 3.05) is 13.2 Å². The monoisotopic (exact) mass is 304 g/mol. The van der Waals surface area contributed by atoms with Gasteiger partial charge in [0.1, 0.15) is 13.2 Å². The lowest BCUT2D eigenvalue weighted by molar-refractivity contribution is -0.163. The van der Waals surface area contributed by atoms with Crippen LogP contribution in [0.2, 0.25) is 0 Å². The molecule has 0 aliphatic heterocycles. The first-order valence-corrected chi connectivity index (χ1v) is 5.91. The van der Waals surface area contributed by atoms with Gasteiger partial charge in [-0.1, -0.05) is 6.58 Å². The fourth-order valence-electron chi connectivity index (χ4n) is 0.889. The van der Waals surface area contributed by atoms with E-state index in [1.807, 2.05) is 0 Å². The molecule has 0 amide bonds. The van der Waals surface area contributed by atoms with Gasteiger partial charge in [0.15, 0.2) is 6.10 Å². The van der Waals surface area contributed by atoms with Crippen LogP contribution in [0.25, 0.3) is 0 Å². The van der Waals surface area contributed by atoms with Crippen molar-refractivity contribution >= 4 is 23.9 Å². The smallest absolute Gasteiger partial charge is 0.307 e. The quantitative estimate of drug-likeness (QED) is 0.402. The van der Waals surface area contributed by atoms with Crippen LogP contribution in [0.3, 0.4) is 0 Å². The van der Waals surface area contributed by atoms with Crippen molar-refractivity contribution in [2.45, 2.75) is 33.8 Å².